The number of fused-ring (bicyclic) bond motifs is 1. The summed E-state index contributed by atoms with van der Waals surface area (Å²) in [5.74, 6) is -0.257. The lowest BCUT2D eigenvalue weighted by atomic mass is 10.2. The number of nitrogens with one attached hydrogen (secondary N) is 1. The van der Waals surface area contributed by atoms with Gasteiger partial charge in [-0.25, -0.2) is 4.98 Å². The lowest BCUT2D eigenvalue weighted by Gasteiger charge is -1.98. The Hall–Kier alpha value is -3.48. The van der Waals surface area contributed by atoms with E-state index >= 15 is 0 Å². The summed E-state index contributed by atoms with van der Waals surface area (Å²) in [6, 6.07) is 9.91. The van der Waals surface area contributed by atoms with E-state index in [1.165, 1.54) is 18.2 Å². The van der Waals surface area contributed by atoms with Crippen molar-refractivity contribution < 1.29 is 9.72 Å². The molecule has 0 atom stereocenters. The second-order valence-corrected chi connectivity index (χ2v) is 5.55. The molecule has 0 aliphatic heterocycles. The number of amides is 1. The van der Waals surface area contributed by atoms with Crippen LogP contribution in [0.5, 0.6) is 0 Å². The maximum absolute atomic E-state index is 11.9. The van der Waals surface area contributed by atoms with Crippen molar-refractivity contribution in [3.05, 3.63) is 81.8 Å². The number of hydrogen-bond acceptors (Lipinski definition) is 4. The molecule has 1 N–H and O–H groups in total. The van der Waals surface area contributed by atoms with Crippen LogP contribution in [0.1, 0.15) is 16.8 Å². The fourth-order valence-corrected chi connectivity index (χ4v) is 2.41. The van der Waals surface area contributed by atoms with Gasteiger partial charge in [0.05, 0.1) is 17.2 Å². The molecule has 0 aliphatic rings. The van der Waals surface area contributed by atoms with E-state index in [2.05, 4.69) is 10.3 Å². The predicted molar refractivity (Wildman–Crippen MR) is 93.9 cm³/mol. The molecular weight excluding hydrogens is 320 g/mol. The van der Waals surface area contributed by atoms with Gasteiger partial charge in [0, 0.05) is 30.6 Å². The van der Waals surface area contributed by atoms with Crippen LogP contribution in [-0.2, 0) is 11.3 Å². The first-order valence-electron chi connectivity index (χ1n) is 7.66. The van der Waals surface area contributed by atoms with Gasteiger partial charge in [0.15, 0.2) is 0 Å². The first-order valence-corrected chi connectivity index (χ1v) is 7.66. The number of non-ortho nitro benzene ring substituents is 1. The van der Waals surface area contributed by atoms with Crippen LogP contribution in [0, 0.1) is 17.0 Å². The third-order valence-corrected chi connectivity index (χ3v) is 3.70. The minimum atomic E-state index is -0.462. The molecule has 1 aromatic carbocycles. The van der Waals surface area contributed by atoms with Gasteiger partial charge in [-0.2, -0.15) is 0 Å². The number of carbonyl (C=O) groups is 1. The minimum Gasteiger partial charge on any atom is -0.347 e. The number of nitrogens with zero attached hydrogens (tertiary/aromatic N) is 3. The molecule has 7 nitrogen and oxygen atoms in total. The zero-order valence-corrected chi connectivity index (χ0v) is 13.5. The molecule has 3 rings (SSSR count). The van der Waals surface area contributed by atoms with Gasteiger partial charge in [0.2, 0.25) is 5.91 Å². The summed E-state index contributed by atoms with van der Waals surface area (Å²) < 4.78 is 1.92. The molecule has 0 spiro atoms. The topological polar surface area (TPSA) is 89.5 Å². The first kappa shape index (κ1) is 16.4. The SMILES string of the molecule is Cc1cccn2cc(CNC(=O)/C=C/c3ccc([N+](=O)[O-])cc3)nc12. The van der Waals surface area contributed by atoms with Crippen molar-refractivity contribution in [2.75, 3.05) is 0 Å². The highest BCUT2D eigenvalue weighted by Gasteiger charge is 2.05. The molecule has 2 aromatic heterocycles. The molecule has 0 saturated carbocycles. The maximum atomic E-state index is 11.9. The number of aromatic nitrogens is 2. The van der Waals surface area contributed by atoms with Gasteiger partial charge in [-0.05, 0) is 42.3 Å². The molecule has 0 radical (unpaired) electrons. The second kappa shape index (κ2) is 6.96. The Bertz CT molecular complexity index is 958. The molecule has 0 unspecified atom stereocenters. The Balaban J connectivity index is 1.60. The van der Waals surface area contributed by atoms with Gasteiger partial charge in [-0.1, -0.05) is 6.07 Å². The fraction of sp³-hybridized carbons (Fsp3) is 0.111. The van der Waals surface area contributed by atoms with E-state index < -0.39 is 4.92 Å². The molecule has 126 valence electrons. The molecule has 0 fully saturated rings. The van der Waals surface area contributed by atoms with Crippen LogP contribution in [0.3, 0.4) is 0 Å². The Kier molecular flexibility index (Phi) is 4.56. The average Bonchev–Trinajstić information content (AvgIpc) is 3.03. The highest BCUT2D eigenvalue weighted by molar-refractivity contribution is 5.91. The third kappa shape index (κ3) is 3.89. The van der Waals surface area contributed by atoms with Gasteiger partial charge >= 0.3 is 0 Å². The van der Waals surface area contributed by atoms with E-state index in [-0.39, 0.29) is 11.6 Å². The van der Waals surface area contributed by atoms with Gasteiger partial charge in [0.1, 0.15) is 5.65 Å². The molecule has 0 aliphatic carbocycles. The van der Waals surface area contributed by atoms with Crippen LogP contribution in [0.15, 0.2) is 54.9 Å². The van der Waals surface area contributed by atoms with E-state index in [9.17, 15) is 14.9 Å². The summed E-state index contributed by atoms with van der Waals surface area (Å²) in [7, 11) is 0. The standard InChI is InChI=1S/C18H16N4O3/c1-13-3-2-10-21-12-15(20-18(13)21)11-19-17(23)9-6-14-4-7-16(8-5-14)22(24)25/h2-10,12H,11H2,1H3,(H,19,23)/b9-6+. The largest absolute Gasteiger partial charge is 0.347 e. The van der Waals surface area contributed by atoms with Crippen LogP contribution in [0.4, 0.5) is 5.69 Å². The van der Waals surface area contributed by atoms with Crippen molar-refractivity contribution in [1.29, 1.82) is 0 Å². The number of imidazole rings is 1. The number of pyridine rings is 1. The number of carbonyl (C=O) groups excluding carboxylic acids is 1. The van der Waals surface area contributed by atoms with Crippen molar-refractivity contribution in [1.82, 2.24) is 14.7 Å². The second-order valence-electron chi connectivity index (χ2n) is 5.55. The van der Waals surface area contributed by atoms with Crippen LogP contribution < -0.4 is 5.32 Å². The van der Waals surface area contributed by atoms with Crippen molar-refractivity contribution >= 4 is 23.3 Å². The van der Waals surface area contributed by atoms with Crippen LogP contribution in [-0.4, -0.2) is 20.2 Å². The fourth-order valence-electron chi connectivity index (χ4n) is 2.41. The summed E-state index contributed by atoms with van der Waals surface area (Å²) in [6.45, 7) is 2.31. The van der Waals surface area contributed by atoms with Gasteiger partial charge in [-0.15, -0.1) is 0 Å². The molecule has 1 amide bonds. The Morgan fingerprint density at radius 3 is 2.76 bits per heavy atom. The van der Waals surface area contributed by atoms with E-state index in [0.717, 1.165) is 16.9 Å². The van der Waals surface area contributed by atoms with Crippen LogP contribution >= 0.6 is 0 Å². The van der Waals surface area contributed by atoms with E-state index in [4.69, 9.17) is 0 Å². The smallest absolute Gasteiger partial charge is 0.269 e. The number of rotatable bonds is 5. The first-order chi connectivity index (χ1) is 12.0. The minimum absolute atomic E-state index is 0.0174. The molecular formula is C18H16N4O3. The van der Waals surface area contributed by atoms with Gasteiger partial charge in [0.25, 0.3) is 5.69 Å². The van der Waals surface area contributed by atoms with Crippen molar-refractivity contribution in [2.45, 2.75) is 13.5 Å². The molecule has 25 heavy (non-hydrogen) atoms. The zero-order chi connectivity index (χ0) is 17.8. The average molecular weight is 336 g/mol. The number of benzene rings is 1. The van der Waals surface area contributed by atoms with Crippen molar-refractivity contribution in [3.63, 3.8) is 0 Å². The number of nitro groups is 1. The molecule has 3 aromatic rings. The number of hydrogen-bond donors (Lipinski definition) is 1. The Morgan fingerprint density at radius 1 is 1.32 bits per heavy atom. The monoisotopic (exact) mass is 336 g/mol. The van der Waals surface area contributed by atoms with Gasteiger partial charge in [-0.3, -0.25) is 14.9 Å². The Labute approximate surface area is 143 Å². The predicted octanol–water partition coefficient (Wildman–Crippen LogP) is 2.88. The summed E-state index contributed by atoms with van der Waals surface area (Å²) in [4.78, 5) is 26.5. The van der Waals surface area contributed by atoms with E-state index in [1.54, 1.807) is 18.2 Å². The summed E-state index contributed by atoms with van der Waals surface area (Å²) in [5.41, 5.74) is 3.44. The lowest BCUT2D eigenvalue weighted by Crippen LogP contribution is -2.20. The molecule has 7 heteroatoms. The summed E-state index contributed by atoms with van der Waals surface area (Å²) in [5, 5.41) is 13.4. The third-order valence-electron chi connectivity index (χ3n) is 3.70. The van der Waals surface area contributed by atoms with Crippen LogP contribution in [0.25, 0.3) is 11.7 Å². The summed E-state index contributed by atoms with van der Waals surface area (Å²) in [6.07, 6.45) is 6.78. The lowest BCUT2D eigenvalue weighted by molar-refractivity contribution is -0.384. The normalized spacial score (nSPS) is 11.1. The van der Waals surface area contributed by atoms with E-state index in [1.807, 2.05) is 35.9 Å². The zero-order valence-electron chi connectivity index (χ0n) is 13.5. The van der Waals surface area contributed by atoms with E-state index in [0.29, 0.717) is 12.1 Å². The summed E-state index contributed by atoms with van der Waals surface area (Å²) >= 11 is 0. The quantitative estimate of drug-likeness (QED) is 0.441. The highest BCUT2D eigenvalue weighted by atomic mass is 16.6. The number of nitro benzene ring substituents is 1. The Morgan fingerprint density at radius 2 is 2.08 bits per heavy atom. The highest BCUT2D eigenvalue weighted by Crippen LogP contribution is 2.13. The molecule has 0 bridgehead atoms. The van der Waals surface area contributed by atoms with Crippen molar-refractivity contribution in [2.24, 2.45) is 0 Å². The maximum Gasteiger partial charge on any atom is 0.269 e. The van der Waals surface area contributed by atoms with Gasteiger partial charge < -0.3 is 9.72 Å². The molecule has 2 heterocycles. The van der Waals surface area contributed by atoms with Crippen molar-refractivity contribution in [3.8, 4) is 0 Å². The van der Waals surface area contributed by atoms with Crippen LogP contribution in [0.2, 0.25) is 0 Å². The number of aryl methyl sites for hydroxylation is 1. The molecule has 0 saturated heterocycles.